The van der Waals surface area contributed by atoms with Crippen molar-refractivity contribution in [2.24, 2.45) is 11.3 Å². The molecule has 0 aromatic heterocycles. The molecule has 0 aliphatic carbocycles. The molecule has 2 heterocycles. The van der Waals surface area contributed by atoms with E-state index >= 15 is 0 Å². The maximum atomic E-state index is 12.7. The molecule has 0 aromatic rings. The molecule has 120 valence electrons. The fourth-order valence-corrected chi connectivity index (χ4v) is 3.64. The number of aliphatic hydroxyl groups is 1. The lowest BCUT2D eigenvalue weighted by atomic mass is 9.76. The van der Waals surface area contributed by atoms with E-state index in [-0.39, 0.29) is 18.6 Å². The largest absolute Gasteiger partial charge is 0.480 e. The van der Waals surface area contributed by atoms with Crippen molar-refractivity contribution in [1.82, 2.24) is 9.80 Å². The Labute approximate surface area is 125 Å². The van der Waals surface area contributed by atoms with Crippen LogP contribution >= 0.6 is 0 Å². The van der Waals surface area contributed by atoms with Gasteiger partial charge in [-0.3, -0.25) is 0 Å². The molecule has 2 aliphatic heterocycles. The molecular weight excluding hydrogens is 272 g/mol. The molecule has 0 radical (unpaired) electrons. The van der Waals surface area contributed by atoms with Gasteiger partial charge in [0.05, 0.1) is 0 Å². The number of carbonyl (C=O) groups is 2. The van der Waals surface area contributed by atoms with Gasteiger partial charge in [-0.1, -0.05) is 13.8 Å². The highest BCUT2D eigenvalue weighted by atomic mass is 16.4. The standard InChI is InChI=1S/C15H26N2O4/c1-15(2)6-4-8-17(12(15)13(19)20)14(21)16-7-3-5-11(9-16)10-18/h11-12,18H,3-10H2,1-2H3,(H,19,20). The molecule has 2 N–H and O–H groups in total. The molecule has 2 amide bonds. The third-order valence-electron chi connectivity index (χ3n) is 4.80. The van der Waals surface area contributed by atoms with E-state index in [9.17, 15) is 19.8 Å². The van der Waals surface area contributed by atoms with E-state index in [0.717, 1.165) is 25.7 Å². The zero-order valence-corrected chi connectivity index (χ0v) is 12.9. The Morgan fingerprint density at radius 3 is 2.57 bits per heavy atom. The van der Waals surface area contributed by atoms with Gasteiger partial charge in [0.25, 0.3) is 0 Å². The van der Waals surface area contributed by atoms with Gasteiger partial charge in [-0.25, -0.2) is 9.59 Å². The second-order valence-corrected chi connectivity index (χ2v) is 6.95. The van der Waals surface area contributed by atoms with E-state index in [1.165, 1.54) is 4.90 Å². The maximum absolute atomic E-state index is 12.7. The summed E-state index contributed by atoms with van der Waals surface area (Å²) in [7, 11) is 0. The van der Waals surface area contributed by atoms with E-state index in [2.05, 4.69) is 0 Å². The summed E-state index contributed by atoms with van der Waals surface area (Å²) in [5.41, 5.74) is -0.411. The molecule has 2 saturated heterocycles. The van der Waals surface area contributed by atoms with Gasteiger partial charge in [-0.2, -0.15) is 0 Å². The number of piperidine rings is 2. The fourth-order valence-electron chi connectivity index (χ4n) is 3.64. The molecular formula is C15H26N2O4. The first-order valence-corrected chi connectivity index (χ1v) is 7.76. The molecule has 0 aromatic carbocycles. The number of aliphatic hydroxyl groups excluding tert-OH is 1. The lowest BCUT2D eigenvalue weighted by Crippen LogP contribution is -2.60. The molecule has 21 heavy (non-hydrogen) atoms. The molecule has 2 unspecified atom stereocenters. The van der Waals surface area contributed by atoms with Crippen LogP contribution in [0, 0.1) is 11.3 Å². The molecule has 0 saturated carbocycles. The molecule has 6 heteroatoms. The summed E-state index contributed by atoms with van der Waals surface area (Å²) in [4.78, 5) is 27.6. The Hall–Kier alpha value is -1.30. The van der Waals surface area contributed by atoms with Crippen molar-refractivity contribution in [3.05, 3.63) is 0 Å². The smallest absolute Gasteiger partial charge is 0.327 e. The number of urea groups is 1. The zero-order valence-electron chi connectivity index (χ0n) is 12.9. The molecule has 2 atom stereocenters. The van der Waals surface area contributed by atoms with Crippen molar-refractivity contribution < 1.29 is 19.8 Å². The summed E-state index contributed by atoms with van der Waals surface area (Å²) in [5, 5.41) is 18.8. The Bertz CT molecular complexity index is 410. The number of carboxylic acids is 1. The van der Waals surface area contributed by atoms with E-state index in [1.807, 2.05) is 13.8 Å². The highest BCUT2D eigenvalue weighted by Gasteiger charge is 2.45. The lowest BCUT2D eigenvalue weighted by molar-refractivity contribution is -0.148. The van der Waals surface area contributed by atoms with Crippen molar-refractivity contribution >= 4 is 12.0 Å². The van der Waals surface area contributed by atoms with Gasteiger partial charge >= 0.3 is 12.0 Å². The third kappa shape index (κ3) is 3.31. The minimum absolute atomic E-state index is 0.0810. The van der Waals surface area contributed by atoms with Gasteiger partial charge in [0.15, 0.2) is 0 Å². The van der Waals surface area contributed by atoms with Crippen LogP contribution in [-0.4, -0.2) is 64.3 Å². The van der Waals surface area contributed by atoms with Crippen LogP contribution in [0.15, 0.2) is 0 Å². The lowest BCUT2D eigenvalue weighted by Gasteiger charge is -2.46. The monoisotopic (exact) mass is 298 g/mol. The van der Waals surface area contributed by atoms with Gasteiger partial charge < -0.3 is 20.0 Å². The number of likely N-dealkylation sites (tertiary alicyclic amines) is 2. The third-order valence-corrected chi connectivity index (χ3v) is 4.80. The average molecular weight is 298 g/mol. The average Bonchev–Trinajstić information content (AvgIpc) is 2.44. The van der Waals surface area contributed by atoms with Gasteiger partial charge in [0.2, 0.25) is 0 Å². The Morgan fingerprint density at radius 1 is 1.24 bits per heavy atom. The van der Waals surface area contributed by atoms with Gasteiger partial charge in [0, 0.05) is 26.2 Å². The summed E-state index contributed by atoms with van der Waals surface area (Å²) in [6.45, 7) is 5.59. The number of nitrogens with zero attached hydrogens (tertiary/aromatic N) is 2. The van der Waals surface area contributed by atoms with Crippen molar-refractivity contribution in [3.63, 3.8) is 0 Å². The minimum atomic E-state index is -0.927. The second-order valence-electron chi connectivity index (χ2n) is 6.95. The SMILES string of the molecule is CC1(C)CCCN(C(=O)N2CCCC(CO)C2)C1C(=O)O. The minimum Gasteiger partial charge on any atom is -0.480 e. The Kier molecular flexibility index (Phi) is 4.76. The number of carboxylic acid groups (broad SMARTS) is 1. The summed E-state index contributed by atoms with van der Waals surface area (Å²) >= 11 is 0. The number of hydrogen-bond acceptors (Lipinski definition) is 3. The summed E-state index contributed by atoms with van der Waals surface area (Å²) in [6, 6.07) is -0.957. The molecule has 0 spiro atoms. The van der Waals surface area contributed by atoms with Crippen molar-refractivity contribution in [1.29, 1.82) is 0 Å². The van der Waals surface area contributed by atoms with Gasteiger partial charge in [0.1, 0.15) is 6.04 Å². The Morgan fingerprint density at radius 2 is 1.95 bits per heavy atom. The van der Waals surface area contributed by atoms with Gasteiger partial charge in [-0.15, -0.1) is 0 Å². The second kappa shape index (κ2) is 6.22. The van der Waals surface area contributed by atoms with E-state index in [4.69, 9.17) is 0 Å². The fraction of sp³-hybridized carbons (Fsp3) is 0.867. The van der Waals surface area contributed by atoms with E-state index in [0.29, 0.717) is 19.6 Å². The van der Waals surface area contributed by atoms with Crippen molar-refractivity contribution in [2.75, 3.05) is 26.2 Å². The van der Waals surface area contributed by atoms with Crippen LogP contribution in [0.4, 0.5) is 4.79 Å². The van der Waals surface area contributed by atoms with Gasteiger partial charge in [-0.05, 0) is 37.0 Å². The van der Waals surface area contributed by atoms with Crippen molar-refractivity contribution in [2.45, 2.75) is 45.6 Å². The number of aliphatic carboxylic acids is 1. The van der Waals surface area contributed by atoms with Crippen LogP contribution in [0.1, 0.15) is 39.5 Å². The first kappa shape index (κ1) is 16.1. The van der Waals surface area contributed by atoms with Crippen LogP contribution in [0.3, 0.4) is 0 Å². The van der Waals surface area contributed by atoms with Crippen LogP contribution in [0.5, 0.6) is 0 Å². The first-order valence-electron chi connectivity index (χ1n) is 7.76. The van der Waals surface area contributed by atoms with E-state index < -0.39 is 17.4 Å². The number of amides is 2. The quantitative estimate of drug-likeness (QED) is 0.807. The highest BCUT2D eigenvalue weighted by Crippen LogP contribution is 2.36. The van der Waals surface area contributed by atoms with Crippen LogP contribution in [-0.2, 0) is 4.79 Å². The number of carbonyl (C=O) groups excluding carboxylic acids is 1. The summed E-state index contributed by atoms with van der Waals surface area (Å²) in [5.74, 6) is -0.812. The van der Waals surface area contributed by atoms with Crippen molar-refractivity contribution in [3.8, 4) is 0 Å². The zero-order chi connectivity index (χ0) is 15.6. The predicted octanol–water partition coefficient (Wildman–Crippen LogP) is 1.39. The number of rotatable bonds is 2. The first-order chi connectivity index (χ1) is 9.86. The van der Waals surface area contributed by atoms with E-state index in [1.54, 1.807) is 4.90 Å². The van der Waals surface area contributed by atoms with Crippen LogP contribution in [0.2, 0.25) is 0 Å². The van der Waals surface area contributed by atoms with Crippen LogP contribution in [0.25, 0.3) is 0 Å². The topological polar surface area (TPSA) is 81.1 Å². The number of hydrogen-bond donors (Lipinski definition) is 2. The van der Waals surface area contributed by atoms with Crippen LogP contribution < -0.4 is 0 Å². The molecule has 2 aliphatic rings. The summed E-state index contributed by atoms with van der Waals surface area (Å²) in [6.07, 6.45) is 3.44. The molecule has 2 fully saturated rings. The predicted molar refractivity (Wildman–Crippen MR) is 77.9 cm³/mol. The molecule has 0 bridgehead atoms. The summed E-state index contributed by atoms with van der Waals surface area (Å²) < 4.78 is 0. The molecule has 6 nitrogen and oxygen atoms in total. The normalized spacial score (nSPS) is 29.3. The molecule has 2 rings (SSSR count). The Balaban J connectivity index is 2.14. The highest BCUT2D eigenvalue weighted by molar-refractivity contribution is 5.83. The maximum Gasteiger partial charge on any atom is 0.327 e.